The quantitative estimate of drug-likeness (QED) is 0.551. The number of hydrazone groups is 1. The summed E-state index contributed by atoms with van der Waals surface area (Å²) in [6.45, 7) is 4.26. The maximum atomic E-state index is 5.58. The molecule has 0 amide bonds. The zero-order valence-corrected chi connectivity index (χ0v) is 13.9. The first kappa shape index (κ1) is 15.2. The van der Waals surface area contributed by atoms with Crippen LogP contribution in [0.5, 0.6) is 0 Å². The molecule has 0 saturated heterocycles. The van der Waals surface area contributed by atoms with Gasteiger partial charge >= 0.3 is 0 Å². The first-order valence-corrected chi connectivity index (χ1v) is 8.17. The van der Waals surface area contributed by atoms with Gasteiger partial charge in [-0.05, 0) is 47.7 Å². The van der Waals surface area contributed by atoms with E-state index in [1.807, 2.05) is 12.1 Å². The first-order chi connectivity index (χ1) is 11.1. The number of rotatable bonds is 4. The normalized spacial score (nSPS) is 11.0. The average molecular weight is 322 g/mol. The Hall–Kier alpha value is -2.66. The summed E-state index contributed by atoms with van der Waals surface area (Å²) in [5.74, 6) is 0.504. The highest BCUT2D eigenvalue weighted by Crippen LogP contribution is 2.23. The molecule has 1 heterocycles. The number of nitrogens with zero attached hydrogens (tertiary/aromatic N) is 2. The minimum absolute atomic E-state index is 0.504. The molecule has 3 N–H and O–H groups in total. The number of benzene rings is 2. The highest BCUT2D eigenvalue weighted by atomic mass is 32.1. The Balaban J connectivity index is 1.78. The average Bonchev–Trinajstić information content (AvgIpc) is 2.96. The minimum Gasteiger partial charge on any atom is -0.383 e. The van der Waals surface area contributed by atoms with Crippen LogP contribution in [0.3, 0.4) is 0 Å². The van der Waals surface area contributed by atoms with Gasteiger partial charge in [-0.15, -0.1) is 11.3 Å². The number of aryl methyl sites for hydroxylation is 2. The van der Waals surface area contributed by atoms with Gasteiger partial charge in [0.1, 0.15) is 5.82 Å². The SMILES string of the molecule is Cc1ccc(-c2cccc(C=NNc3nc(N)cs3)c2)cc1C. The van der Waals surface area contributed by atoms with E-state index in [-0.39, 0.29) is 0 Å². The summed E-state index contributed by atoms with van der Waals surface area (Å²) in [5.41, 5.74) is 14.5. The summed E-state index contributed by atoms with van der Waals surface area (Å²) in [5, 5.41) is 6.67. The van der Waals surface area contributed by atoms with Crippen molar-refractivity contribution in [1.82, 2.24) is 4.98 Å². The van der Waals surface area contributed by atoms with Crippen LogP contribution in [0, 0.1) is 13.8 Å². The third kappa shape index (κ3) is 3.76. The van der Waals surface area contributed by atoms with Crippen LogP contribution in [0.25, 0.3) is 11.1 Å². The third-order valence-electron chi connectivity index (χ3n) is 3.62. The van der Waals surface area contributed by atoms with Crippen molar-refractivity contribution in [3.8, 4) is 11.1 Å². The lowest BCUT2D eigenvalue weighted by Crippen LogP contribution is -1.91. The summed E-state index contributed by atoms with van der Waals surface area (Å²) >= 11 is 1.43. The van der Waals surface area contributed by atoms with Gasteiger partial charge in [-0.2, -0.15) is 5.10 Å². The standard InChI is InChI=1S/C18H18N4S/c1-12-6-7-16(8-13(12)2)15-5-3-4-14(9-15)10-20-22-18-21-17(19)11-23-18/h3-11H,19H2,1-2H3,(H,21,22). The lowest BCUT2D eigenvalue weighted by molar-refractivity contribution is 1.29. The van der Waals surface area contributed by atoms with Crippen LogP contribution in [0.2, 0.25) is 0 Å². The zero-order chi connectivity index (χ0) is 16.2. The molecule has 23 heavy (non-hydrogen) atoms. The molecule has 0 bridgehead atoms. The predicted molar refractivity (Wildman–Crippen MR) is 99.1 cm³/mol. The van der Waals surface area contributed by atoms with E-state index in [0.29, 0.717) is 10.9 Å². The van der Waals surface area contributed by atoms with E-state index in [1.54, 1.807) is 11.6 Å². The molecule has 0 aliphatic rings. The largest absolute Gasteiger partial charge is 0.383 e. The molecule has 116 valence electrons. The van der Waals surface area contributed by atoms with Gasteiger partial charge in [-0.3, -0.25) is 5.43 Å². The second-order valence-electron chi connectivity index (χ2n) is 5.37. The molecule has 1 aromatic heterocycles. The lowest BCUT2D eigenvalue weighted by atomic mass is 9.99. The van der Waals surface area contributed by atoms with Gasteiger partial charge in [0.2, 0.25) is 5.13 Å². The Labute approximate surface area is 139 Å². The Morgan fingerprint density at radius 2 is 1.91 bits per heavy atom. The third-order valence-corrected chi connectivity index (χ3v) is 4.39. The van der Waals surface area contributed by atoms with Crippen LogP contribution in [0.4, 0.5) is 10.9 Å². The maximum absolute atomic E-state index is 5.58. The monoisotopic (exact) mass is 322 g/mol. The minimum atomic E-state index is 0.504. The molecule has 0 atom stereocenters. The number of thiazole rings is 1. The van der Waals surface area contributed by atoms with Crippen LogP contribution in [-0.2, 0) is 0 Å². The van der Waals surface area contributed by atoms with Gasteiger partial charge in [0.25, 0.3) is 0 Å². The molecule has 3 aromatic rings. The van der Waals surface area contributed by atoms with Crippen LogP contribution >= 0.6 is 11.3 Å². The van der Waals surface area contributed by atoms with Crippen LogP contribution in [-0.4, -0.2) is 11.2 Å². The maximum Gasteiger partial charge on any atom is 0.205 e. The molecule has 5 heteroatoms. The van der Waals surface area contributed by atoms with E-state index in [9.17, 15) is 0 Å². The molecule has 0 radical (unpaired) electrons. The van der Waals surface area contributed by atoms with E-state index >= 15 is 0 Å². The fraction of sp³-hybridized carbons (Fsp3) is 0.111. The number of nitrogens with one attached hydrogen (secondary N) is 1. The number of nitrogens with two attached hydrogens (primary N) is 1. The summed E-state index contributed by atoms with van der Waals surface area (Å²) < 4.78 is 0. The Bertz CT molecular complexity index is 852. The fourth-order valence-electron chi connectivity index (χ4n) is 2.22. The molecule has 0 aliphatic carbocycles. The summed E-state index contributed by atoms with van der Waals surface area (Å²) in [4.78, 5) is 4.10. The van der Waals surface area contributed by atoms with E-state index in [4.69, 9.17) is 5.73 Å². The van der Waals surface area contributed by atoms with E-state index < -0.39 is 0 Å². The number of hydrogen-bond donors (Lipinski definition) is 2. The van der Waals surface area contributed by atoms with Gasteiger partial charge in [0.05, 0.1) is 6.21 Å². The van der Waals surface area contributed by atoms with Gasteiger partial charge in [0.15, 0.2) is 0 Å². The first-order valence-electron chi connectivity index (χ1n) is 7.29. The van der Waals surface area contributed by atoms with Gasteiger partial charge < -0.3 is 5.73 Å². The van der Waals surface area contributed by atoms with Crippen molar-refractivity contribution < 1.29 is 0 Å². The smallest absolute Gasteiger partial charge is 0.205 e. The molecule has 0 aliphatic heterocycles. The summed E-state index contributed by atoms with van der Waals surface area (Å²) in [6.07, 6.45) is 1.78. The molecular formula is C18H18N4S. The molecule has 0 saturated carbocycles. The number of anilines is 2. The van der Waals surface area contributed by atoms with E-state index in [0.717, 1.165) is 5.56 Å². The van der Waals surface area contributed by atoms with Crippen molar-refractivity contribution in [2.45, 2.75) is 13.8 Å². The molecule has 3 rings (SSSR count). The highest BCUT2D eigenvalue weighted by Gasteiger charge is 2.01. The van der Waals surface area contributed by atoms with Crippen molar-refractivity contribution in [2.24, 2.45) is 5.10 Å². The van der Waals surface area contributed by atoms with Crippen LogP contribution in [0.15, 0.2) is 52.9 Å². The van der Waals surface area contributed by atoms with Crippen molar-refractivity contribution in [1.29, 1.82) is 0 Å². The second kappa shape index (κ2) is 6.62. The summed E-state index contributed by atoms with van der Waals surface area (Å²) in [6, 6.07) is 14.8. The van der Waals surface area contributed by atoms with Crippen molar-refractivity contribution >= 4 is 28.5 Å². The molecular weight excluding hydrogens is 304 g/mol. The van der Waals surface area contributed by atoms with Gasteiger partial charge in [0, 0.05) is 5.38 Å². The van der Waals surface area contributed by atoms with Crippen molar-refractivity contribution in [2.75, 3.05) is 11.2 Å². The Morgan fingerprint density at radius 3 is 2.65 bits per heavy atom. The molecule has 0 fully saturated rings. The topological polar surface area (TPSA) is 63.3 Å². The molecule has 4 nitrogen and oxygen atoms in total. The highest BCUT2D eigenvalue weighted by molar-refractivity contribution is 7.14. The zero-order valence-electron chi connectivity index (χ0n) is 13.1. The Kier molecular flexibility index (Phi) is 4.39. The van der Waals surface area contributed by atoms with E-state index in [1.165, 1.54) is 33.6 Å². The van der Waals surface area contributed by atoms with Crippen molar-refractivity contribution in [3.63, 3.8) is 0 Å². The molecule has 0 unspecified atom stereocenters. The predicted octanol–water partition coefficient (Wildman–Crippen LogP) is 4.46. The number of nitrogen functional groups attached to an aromatic ring is 1. The van der Waals surface area contributed by atoms with E-state index in [2.05, 4.69) is 59.7 Å². The van der Waals surface area contributed by atoms with Gasteiger partial charge in [-0.25, -0.2) is 4.98 Å². The molecule has 2 aromatic carbocycles. The van der Waals surface area contributed by atoms with Crippen molar-refractivity contribution in [3.05, 3.63) is 64.5 Å². The fourth-order valence-corrected chi connectivity index (χ4v) is 2.77. The molecule has 0 spiro atoms. The Morgan fingerprint density at radius 1 is 1.09 bits per heavy atom. The lowest BCUT2D eigenvalue weighted by Gasteiger charge is -2.06. The van der Waals surface area contributed by atoms with Gasteiger partial charge in [-0.1, -0.05) is 36.4 Å². The second-order valence-corrected chi connectivity index (χ2v) is 6.23. The number of aromatic nitrogens is 1. The number of hydrogen-bond acceptors (Lipinski definition) is 5. The van der Waals surface area contributed by atoms with Crippen LogP contribution < -0.4 is 11.2 Å². The summed E-state index contributed by atoms with van der Waals surface area (Å²) in [7, 11) is 0. The van der Waals surface area contributed by atoms with Crippen LogP contribution in [0.1, 0.15) is 16.7 Å².